The van der Waals surface area contributed by atoms with Crippen molar-refractivity contribution in [1.82, 2.24) is 14.9 Å². The first-order chi connectivity index (χ1) is 13.5. The van der Waals surface area contributed by atoms with Crippen LogP contribution >= 0.6 is 0 Å². The summed E-state index contributed by atoms with van der Waals surface area (Å²) < 4.78 is 1.43. The number of hydrogen-bond donors (Lipinski definition) is 1. The van der Waals surface area contributed by atoms with Gasteiger partial charge in [0.25, 0.3) is 11.2 Å². The number of carbonyl (C=O) groups is 1. The maximum atomic E-state index is 12.2. The van der Waals surface area contributed by atoms with E-state index in [0.29, 0.717) is 17.8 Å². The van der Waals surface area contributed by atoms with Gasteiger partial charge in [-0.15, -0.1) is 0 Å². The third-order valence-electron chi connectivity index (χ3n) is 4.14. The molecule has 0 aliphatic carbocycles. The van der Waals surface area contributed by atoms with Gasteiger partial charge in [-0.2, -0.15) is 0 Å². The molecule has 8 heteroatoms. The average Bonchev–Trinajstić information content (AvgIpc) is 2.70. The van der Waals surface area contributed by atoms with Gasteiger partial charge in [0.05, 0.1) is 23.4 Å². The Morgan fingerprint density at radius 3 is 2.46 bits per heavy atom. The molecular weight excluding hydrogens is 360 g/mol. The molecule has 1 N–H and O–H groups in total. The van der Waals surface area contributed by atoms with Crippen molar-refractivity contribution < 1.29 is 9.72 Å². The maximum absolute atomic E-state index is 12.2. The zero-order valence-corrected chi connectivity index (χ0v) is 14.9. The highest BCUT2D eigenvalue weighted by atomic mass is 16.6. The van der Waals surface area contributed by atoms with Gasteiger partial charge >= 0.3 is 0 Å². The number of nitro groups is 1. The Morgan fingerprint density at radius 2 is 1.82 bits per heavy atom. The van der Waals surface area contributed by atoms with Crippen molar-refractivity contribution >= 4 is 11.6 Å². The minimum Gasteiger partial charge on any atom is -0.354 e. The summed E-state index contributed by atoms with van der Waals surface area (Å²) >= 11 is 0. The molecule has 1 amide bonds. The number of rotatable bonds is 7. The van der Waals surface area contributed by atoms with Gasteiger partial charge in [0.1, 0.15) is 0 Å². The molecule has 1 heterocycles. The number of nitrogens with one attached hydrogen (secondary N) is 1. The predicted molar refractivity (Wildman–Crippen MR) is 104 cm³/mol. The summed E-state index contributed by atoms with van der Waals surface area (Å²) in [6, 6.07) is 16.7. The van der Waals surface area contributed by atoms with Crippen LogP contribution in [0.4, 0.5) is 5.69 Å². The topological polar surface area (TPSA) is 107 Å². The van der Waals surface area contributed by atoms with Gasteiger partial charge in [-0.1, -0.05) is 42.5 Å². The van der Waals surface area contributed by atoms with Crippen molar-refractivity contribution in [1.29, 1.82) is 0 Å². The van der Waals surface area contributed by atoms with Crippen LogP contribution in [0, 0.1) is 10.1 Å². The third kappa shape index (κ3) is 4.88. The Hall–Kier alpha value is -3.81. The van der Waals surface area contributed by atoms with E-state index in [1.54, 1.807) is 12.1 Å². The summed E-state index contributed by atoms with van der Waals surface area (Å²) in [5.41, 5.74) is 1.93. The third-order valence-corrected chi connectivity index (χ3v) is 4.14. The normalized spacial score (nSPS) is 10.4. The number of nitro benzene ring substituents is 1. The molecule has 0 aliphatic rings. The second-order valence-corrected chi connectivity index (χ2v) is 6.12. The molecule has 0 unspecified atom stereocenters. The number of amides is 1. The molecule has 3 aromatic rings. The lowest BCUT2D eigenvalue weighted by Gasteiger charge is -2.08. The van der Waals surface area contributed by atoms with Crippen molar-refractivity contribution in [2.45, 2.75) is 13.0 Å². The Kier molecular flexibility index (Phi) is 5.91. The summed E-state index contributed by atoms with van der Waals surface area (Å²) in [6.07, 6.45) is 1.57. The first kappa shape index (κ1) is 19.0. The summed E-state index contributed by atoms with van der Waals surface area (Å²) in [4.78, 5) is 38.7. The van der Waals surface area contributed by atoms with Crippen LogP contribution in [0.1, 0.15) is 5.56 Å². The zero-order valence-electron chi connectivity index (χ0n) is 14.9. The summed E-state index contributed by atoms with van der Waals surface area (Å²) in [6.45, 7) is 0.574. The molecule has 0 bridgehead atoms. The SMILES string of the molecule is O=C(Cc1ccc([N+](=O)[O-])cc1)NCCn1cnc(-c2ccccc2)cc1=O. The van der Waals surface area contributed by atoms with Crippen molar-refractivity contribution in [2.24, 2.45) is 0 Å². The van der Waals surface area contributed by atoms with E-state index in [1.165, 1.54) is 29.1 Å². The summed E-state index contributed by atoms with van der Waals surface area (Å²) in [5.74, 6) is -0.226. The Bertz CT molecular complexity index is 1030. The molecule has 0 radical (unpaired) electrons. The first-order valence-corrected chi connectivity index (χ1v) is 8.65. The fourth-order valence-electron chi connectivity index (χ4n) is 2.66. The van der Waals surface area contributed by atoms with Crippen LogP contribution in [0.15, 0.2) is 71.8 Å². The first-order valence-electron chi connectivity index (χ1n) is 8.65. The Labute approximate surface area is 160 Å². The molecule has 142 valence electrons. The van der Waals surface area contributed by atoms with Crippen LogP contribution in [0.25, 0.3) is 11.3 Å². The quantitative estimate of drug-likeness (QED) is 0.501. The van der Waals surface area contributed by atoms with E-state index in [2.05, 4.69) is 10.3 Å². The number of benzene rings is 2. The van der Waals surface area contributed by atoms with Crippen molar-refractivity contribution in [3.8, 4) is 11.3 Å². The largest absolute Gasteiger partial charge is 0.354 e. The number of carbonyl (C=O) groups excluding carboxylic acids is 1. The molecule has 0 atom stereocenters. The molecule has 1 aromatic heterocycles. The maximum Gasteiger partial charge on any atom is 0.269 e. The minimum atomic E-state index is -0.487. The standard InChI is InChI=1S/C20H18N4O4/c25-19(12-15-6-8-17(9-7-15)24(27)28)21-10-11-23-14-22-18(13-20(23)26)16-4-2-1-3-5-16/h1-9,13-14H,10-12H2,(H,21,25). The van der Waals surface area contributed by atoms with E-state index in [0.717, 1.165) is 5.56 Å². The van der Waals surface area contributed by atoms with Gasteiger partial charge in [0.15, 0.2) is 0 Å². The highest BCUT2D eigenvalue weighted by Crippen LogP contribution is 2.13. The summed E-state index contributed by atoms with van der Waals surface area (Å²) in [7, 11) is 0. The van der Waals surface area contributed by atoms with Gasteiger partial charge in [0.2, 0.25) is 5.91 Å². The zero-order chi connectivity index (χ0) is 19.9. The predicted octanol–water partition coefficient (Wildman–Crippen LogP) is 2.18. The molecule has 28 heavy (non-hydrogen) atoms. The van der Waals surface area contributed by atoms with Crippen LogP contribution in [0.2, 0.25) is 0 Å². The van der Waals surface area contributed by atoms with Crippen molar-refractivity contribution in [3.63, 3.8) is 0 Å². The lowest BCUT2D eigenvalue weighted by Crippen LogP contribution is -2.31. The molecule has 8 nitrogen and oxygen atoms in total. The molecule has 0 spiro atoms. The molecule has 3 rings (SSSR count). The molecule has 0 fully saturated rings. The van der Waals surface area contributed by atoms with Crippen LogP contribution in [0.3, 0.4) is 0 Å². The van der Waals surface area contributed by atoms with Crippen molar-refractivity contribution in [2.75, 3.05) is 6.54 Å². The fraction of sp³-hybridized carbons (Fsp3) is 0.150. The van der Waals surface area contributed by atoms with Crippen molar-refractivity contribution in [3.05, 3.63) is 93.0 Å². The van der Waals surface area contributed by atoms with E-state index in [9.17, 15) is 19.7 Å². The van der Waals surface area contributed by atoms with E-state index < -0.39 is 4.92 Å². The van der Waals surface area contributed by atoms with Gasteiger partial charge < -0.3 is 5.32 Å². The van der Waals surface area contributed by atoms with Gasteiger partial charge in [-0.25, -0.2) is 4.98 Å². The minimum absolute atomic E-state index is 0.0185. The molecule has 0 aliphatic heterocycles. The summed E-state index contributed by atoms with van der Waals surface area (Å²) in [5, 5.41) is 13.4. The lowest BCUT2D eigenvalue weighted by molar-refractivity contribution is -0.384. The van der Waals surface area contributed by atoms with Gasteiger partial charge in [-0.05, 0) is 5.56 Å². The molecule has 0 saturated heterocycles. The van der Waals surface area contributed by atoms with E-state index in [-0.39, 0.29) is 30.1 Å². The highest BCUT2D eigenvalue weighted by molar-refractivity contribution is 5.78. The molecule has 0 saturated carbocycles. The number of hydrogen-bond acceptors (Lipinski definition) is 5. The Morgan fingerprint density at radius 1 is 1.11 bits per heavy atom. The Balaban J connectivity index is 1.52. The number of nitrogens with zero attached hydrogens (tertiary/aromatic N) is 3. The fourth-order valence-corrected chi connectivity index (χ4v) is 2.66. The van der Waals surface area contributed by atoms with E-state index >= 15 is 0 Å². The highest BCUT2D eigenvalue weighted by Gasteiger charge is 2.08. The van der Waals surface area contributed by atoms with Crippen LogP contribution in [0.5, 0.6) is 0 Å². The second kappa shape index (κ2) is 8.72. The van der Waals surface area contributed by atoms with Crippen LogP contribution in [-0.4, -0.2) is 26.9 Å². The number of non-ortho nitro benzene ring substituents is 1. The lowest BCUT2D eigenvalue weighted by atomic mass is 10.1. The number of aromatic nitrogens is 2. The molecular formula is C20H18N4O4. The van der Waals surface area contributed by atoms with Crippen LogP contribution < -0.4 is 10.9 Å². The van der Waals surface area contributed by atoms with E-state index in [4.69, 9.17) is 0 Å². The smallest absolute Gasteiger partial charge is 0.269 e. The average molecular weight is 378 g/mol. The molecule has 2 aromatic carbocycles. The monoisotopic (exact) mass is 378 g/mol. The van der Waals surface area contributed by atoms with Gasteiger partial charge in [0, 0.05) is 36.9 Å². The van der Waals surface area contributed by atoms with E-state index in [1.807, 2.05) is 30.3 Å². The van der Waals surface area contributed by atoms with Gasteiger partial charge in [-0.3, -0.25) is 24.3 Å². The second-order valence-electron chi connectivity index (χ2n) is 6.12. The van der Waals surface area contributed by atoms with Crippen LogP contribution in [-0.2, 0) is 17.8 Å².